The van der Waals surface area contributed by atoms with Gasteiger partial charge in [-0.15, -0.1) is 6.58 Å². The maximum Gasteiger partial charge on any atom is 0.287 e. The van der Waals surface area contributed by atoms with Gasteiger partial charge in [-0.2, -0.15) is 4.99 Å². The van der Waals surface area contributed by atoms with E-state index in [0.717, 1.165) is 10.2 Å². The molecule has 7 heteroatoms. The standard InChI is InChI=1S/C19H17ClN2O3S/c1-4-11-22-17-12(20)7-5-10-15(17)26-19(22)21-18(23)16-13(24-2)8-6-9-14(16)25-3/h4-10H,1,11H2,2-3H3. The highest BCUT2D eigenvalue weighted by atomic mass is 35.5. The predicted octanol–water partition coefficient (Wildman–Crippen LogP) is 4.30. The van der Waals surface area contributed by atoms with Gasteiger partial charge < -0.3 is 14.0 Å². The zero-order valence-electron chi connectivity index (χ0n) is 14.4. The van der Waals surface area contributed by atoms with Crippen molar-refractivity contribution in [2.45, 2.75) is 6.54 Å². The van der Waals surface area contributed by atoms with Crippen LogP contribution >= 0.6 is 22.9 Å². The summed E-state index contributed by atoms with van der Waals surface area (Å²) >= 11 is 7.73. The summed E-state index contributed by atoms with van der Waals surface area (Å²) in [5.74, 6) is 0.375. The molecule has 1 heterocycles. The SMILES string of the molecule is C=CCn1c(=NC(=O)c2c(OC)cccc2OC)sc2cccc(Cl)c21. The normalized spacial score (nSPS) is 11.6. The van der Waals surface area contributed by atoms with Crippen molar-refractivity contribution in [3.63, 3.8) is 0 Å². The van der Waals surface area contributed by atoms with Gasteiger partial charge in [0.1, 0.15) is 17.1 Å². The number of rotatable bonds is 5. The van der Waals surface area contributed by atoms with Crippen LogP contribution in [0.3, 0.4) is 0 Å². The van der Waals surface area contributed by atoms with Gasteiger partial charge in [0, 0.05) is 6.54 Å². The van der Waals surface area contributed by atoms with E-state index in [1.165, 1.54) is 25.6 Å². The molecule has 5 nitrogen and oxygen atoms in total. The molecule has 26 heavy (non-hydrogen) atoms. The van der Waals surface area contributed by atoms with E-state index in [9.17, 15) is 4.79 Å². The predicted molar refractivity (Wildman–Crippen MR) is 104 cm³/mol. The Morgan fingerprint density at radius 1 is 1.23 bits per heavy atom. The number of aromatic nitrogens is 1. The van der Waals surface area contributed by atoms with Gasteiger partial charge in [0.2, 0.25) is 0 Å². The molecule has 0 atom stereocenters. The highest BCUT2D eigenvalue weighted by Gasteiger charge is 2.18. The number of halogens is 1. The number of carbonyl (C=O) groups excluding carboxylic acids is 1. The summed E-state index contributed by atoms with van der Waals surface area (Å²) in [5, 5.41) is 0.601. The molecule has 0 aliphatic carbocycles. The van der Waals surface area contributed by atoms with E-state index in [0.29, 0.717) is 27.9 Å². The third-order valence-electron chi connectivity index (χ3n) is 3.80. The van der Waals surface area contributed by atoms with Gasteiger partial charge in [-0.05, 0) is 24.3 Å². The van der Waals surface area contributed by atoms with Crippen LogP contribution in [0.25, 0.3) is 10.2 Å². The average Bonchev–Trinajstić information content (AvgIpc) is 2.99. The van der Waals surface area contributed by atoms with Crippen LogP contribution in [0.2, 0.25) is 5.02 Å². The quantitative estimate of drug-likeness (QED) is 0.612. The summed E-state index contributed by atoms with van der Waals surface area (Å²) in [6, 6.07) is 10.8. The van der Waals surface area contributed by atoms with Gasteiger partial charge in [0.05, 0.1) is 29.5 Å². The second-order valence-electron chi connectivity index (χ2n) is 5.32. The number of hydrogen-bond donors (Lipinski definition) is 0. The number of hydrogen-bond acceptors (Lipinski definition) is 4. The highest BCUT2D eigenvalue weighted by Crippen LogP contribution is 2.29. The van der Waals surface area contributed by atoms with Gasteiger partial charge >= 0.3 is 0 Å². The van der Waals surface area contributed by atoms with Crippen LogP contribution in [0.1, 0.15) is 10.4 Å². The Hall–Kier alpha value is -2.57. The lowest BCUT2D eigenvalue weighted by Gasteiger charge is -2.09. The van der Waals surface area contributed by atoms with Crippen LogP contribution in [-0.4, -0.2) is 24.7 Å². The Balaban J connectivity index is 2.23. The molecule has 134 valence electrons. The van der Waals surface area contributed by atoms with E-state index in [2.05, 4.69) is 11.6 Å². The largest absolute Gasteiger partial charge is 0.496 e. The summed E-state index contributed by atoms with van der Waals surface area (Å²) in [7, 11) is 3.01. The first-order chi connectivity index (χ1) is 12.6. The molecule has 1 amide bonds. The molecule has 3 aromatic rings. The third-order valence-corrected chi connectivity index (χ3v) is 5.15. The minimum atomic E-state index is -0.445. The van der Waals surface area contributed by atoms with Gasteiger partial charge in [-0.25, -0.2) is 0 Å². The third kappa shape index (κ3) is 3.25. The van der Waals surface area contributed by atoms with Crippen LogP contribution < -0.4 is 14.3 Å². The van der Waals surface area contributed by atoms with Crippen molar-refractivity contribution in [3.8, 4) is 11.5 Å². The Morgan fingerprint density at radius 2 is 1.88 bits per heavy atom. The summed E-state index contributed by atoms with van der Waals surface area (Å²) in [6.45, 7) is 4.26. The molecule has 0 unspecified atom stereocenters. The highest BCUT2D eigenvalue weighted by molar-refractivity contribution is 7.16. The lowest BCUT2D eigenvalue weighted by Crippen LogP contribution is -2.17. The number of para-hydroxylation sites is 1. The maximum atomic E-state index is 12.9. The lowest BCUT2D eigenvalue weighted by molar-refractivity contribution is 0.0992. The molecule has 0 saturated carbocycles. The molecule has 0 fully saturated rings. The smallest absolute Gasteiger partial charge is 0.287 e. The molecule has 0 aliphatic heterocycles. The monoisotopic (exact) mass is 388 g/mol. The number of ether oxygens (including phenoxy) is 2. The number of amides is 1. The molecule has 0 aliphatic rings. The fraction of sp³-hybridized carbons (Fsp3) is 0.158. The molecular formula is C19H17ClN2O3S. The van der Waals surface area contributed by atoms with Crippen molar-refractivity contribution in [1.82, 2.24) is 4.57 Å². The number of methoxy groups -OCH3 is 2. The molecule has 3 rings (SSSR count). The molecule has 0 N–H and O–H groups in total. The number of thiazole rings is 1. The number of carbonyl (C=O) groups is 1. The fourth-order valence-corrected chi connectivity index (χ4v) is 4.07. The first-order valence-corrected chi connectivity index (χ1v) is 8.99. The van der Waals surface area contributed by atoms with Crippen molar-refractivity contribution in [1.29, 1.82) is 0 Å². The zero-order chi connectivity index (χ0) is 18.7. The second-order valence-corrected chi connectivity index (χ2v) is 6.74. The van der Waals surface area contributed by atoms with Gasteiger partial charge in [-0.1, -0.05) is 41.1 Å². The van der Waals surface area contributed by atoms with Gasteiger partial charge in [-0.3, -0.25) is 4.79 Å². The Labute approximate surface area is 159 Å². The molecular weight excluding hydrogens is 372 g/mol. The van der Waals surface area contributed by atoms with Crippen molar-refractivity contribution in [2.75, 3.05) is 14.2 Å². The first-order valence-electron chi connectivity index (χ1n) is 7.79. The summed E-state index contributed by atoms with van der Waals surface area (Å²) in [5.41, 5.74) is 1.11. The van der Waals surface area contributed by atoms with Crippen LogP contribution in [0.5, 0.6) is 11.5 Å². The van der Waals surface area contributed by atoms with Crippen LogP contribution in [0.15, 0.2) is 54.0 Å². The second kappa shape index (κ2) is 7.76. The molecule has 0 saturated heterocycles. The number of nitrogens with zero attached hydrogens (tertiary/aromatic N) is 2. The first kappa shape index (κ1) is 18.2. The molecule has 0 radical (unpaired) electrons. The Bertz CT molecular complexity index is 1030. The average molecular weight is 389 g/mol. The Morgan fingerprint density at radius 3 is 2.50 bits per heavy atom. The molecule has 2 aromatic carbocycles. The van der Waals surface area contributed by atoms with Crippen molar-refractivity contribution < 1.29 is 14.3 Å². The van der Waals surface area contributed by atoms with E-state index >= 15 is 0 Å². The lowest BCUT2D eigenvalue weighted by atomic mass is 10.1. The van der Waals surface area contributed by atoms with Gasteiger partial charge in [0.15, 0.2) is 4.80 Å². The van der Waals surface area contributed by atoms with Gasteiger partial charge in [0.25, 0.3) is 5.91 Å². The van der Waals surface area contributed by atoms with Crippen LogP contribution in [0, 0.1) is 0 Å². The van der Waals surface area contributed by atoms with E-state index in [1.54, 1.807) is 24.3 Å². The van der Waals surface area contributed by atoms with Crippen molar-refractivity contribution >= 4 is 39.1 Å². The van der Waals surface area contributed by atoms with E-state index in [-0.39, 0.29) is 5.56 Å². The van der Waals surface area contributed by atoms with Crippen LogP contribution in [-0.2, 0) is 6.54 Å². The van der Waals surface area contributed by atoms with Crippen molar-refractivity contribution in [3.05, 3.63) is 64.4 Å². The summed E-state index contributed by atoms with van der Waals surface area (Å²) in [4.78, 5) is 17.8. The fourth-order valence-electron chi connectivity index (χ4n) is 2.68. The Kier molecular flexibility index (Phi) is 5.44. The maximum absolute atomic E-state index is 12.9. The van der Waals surface area contributed by atoms with Crippen molar-refractivity contribution in [2.24, 2.45) is 4.99 Å². The van der Waals surface area contributed by atoms with E-state index in [1.807, 2.05) is 22.8 Å². The molecule has 1 aromatic heterocycles. The summed E-state index contributed by atoms with van der Waals surface area (Å²) < 4.78 is 13.4. The minimum Gasteiger partial charge on any atom is -0.496 e. The number of allylic oxidation sites excluding steroid dienone is 1. The van der Waals surface area contributed by atoms with Crippen LogP contribution in [0.4, 0.5) is 0 Å². The van der Waals surface area contributed by atoms with E-state index in [4.69, 9.17) is 21.1 Å². The molecule has 0 bridgehead atoms. The topological polar surface area (TPSA) is 52.8 Å². The van der Waals surface area contributed by atoms with E-state index < -0.39 is 5.91 Å². The number of fused-ring (bicyclic) bond motifs is 1. The minimum absolute atomic E-state index is 0.284. The molecule has 0 spiro atoms. The summed E-state index contributed by atoms with van der Waals surface area (Å²) in [6.07, 6.45) is 1.74. The number of benzene rings is 2. The zero-order valence-corrected chi connectivity index (χ0v) is 15.9.